The van der Waals surface area contributed by atoms with Crippen molar-refractivity contribution in [2.75, 3.05) is 5.73 Å². The van der Waals surface area contributed by atoms with Gasteiger partial charge >= 0.3 is 0 Å². The van der Waals surface area contributed by atoms with E-state index in [1.165, 1.54) is 0 Å². The summed E-state index contributed by atoms with van der Waals surface area (Å²) < 4.78 is 7.27. The Morgan fingerprint density at radius 3 is 2.79 bits per heavy atom. The Balaban J connectivity index is 1.87. The second-order valence-electron chi connectivity index (χ2n) is 4.13. The number of aryl methyl sites for hydroxylation is 1. The van der Waals surface area contributed by atoms with Crippen LogP contribution < -0.4 is 10.5 Å². The monoisotopic (exact) mass is 255 g/mol. The van der Waals surface area contributed by atoms with Gasteiger partial charge in [-0.05, 0) is 12.1 Å². The second kappa shape index (κ2) is 4.56. The third-order valence-corrected chi connectivity index (χ3v) is 2.78. The zero-order valence-corrected chi connectivity index (χ0v) is 10.4. The molecule has 0 aliphatic rings. The minimum Gasteiger partial charge on any atom is -0.486 e. The lowest BCUT2D eigenvalue weighted by Gasteiger charge is -2.06. The average Bonchev–Trinajstić information content (AvgIpc) is 2.80. The van der Waals surface area contributed by atoms with Gasteiger partial charge < -0.3 is 10.5 Å². The molecule has 0 bridgehead atoms. The summed E-state index contributed by atoms with van der Waals surface area (Å²) in [5.41, 5.74) is 6.59. The first kappa shape index (κ1) is 11.5. The number of hydrogen-bond donors (Lipinski definition) is 1. The molecule has 3 aromatic rings. The van der Waals surface area contributed by atoms with Crippen molar-refractivity contribution in [3.63, 3.8) is 0 Å². The number of aromatic nitrogens is 4. The van der Waals surface area contributed by atoms with Crippen LogP contribution in [-0.2, 0) is 13.7 Å². The van der Waals surface area contributed by atoms with Crippen LogP contribution in [0.25, 0.3) is 11.0 Å². The van der Waals surface area contributed by atoms with Crippen LogP contribution in [0.3, 0.4) is 0 Å². The molecule has 3 rings (SSSR count). The van der Waals surface area contributed by atoms with Gasteiger partial charge in [0.05, 0.1) is 11.6 Å². The van der Waals surface area contributed by atoms with E-state index in [9.17, 15) is 0 Å². The Bertz CT molecular complexity index is 708. The van der Waals surface area contributed by atoms with E-state index in [0.29, 0.717) is 17.3 Å². The zero-order chi connectivity index (χ0) is 13.2. The molecule has 2 aromatic heterocycles. The zero-order valence-electron chi connectivity index (χ0n) is 10.4. The molecule has 2 heterocycles. The molecule has 0 amide bonds. The Morgan fingerprint density at radius 2 is 2.00 bits per heavy atom. The van der Waals surface area contributed by atoms with Crippen molar-refractivity contribution in [1.29, 1.82) is 0 Å². The summed E-state index contributed by atoms with van der Waals surface area (Å²) in [6.45, 7) is 0.273. The molecule has 0 fully saturated rings. The number of nitrogens with zero attached hydrogens (tertiary/aromatic N) is 4. The molecule has 0 atom stereocenters. The lowest BCUT2D eigenvalue weighted by atomic mass is 10.3. The van der Waals surface area contributed by atoms with E-state index >= 15 is 0 Å². The largest absolute Gasteiger partial charge is 0.486 e. The van der Waals surface area contributed by atoms with E-state index < -0.39 is 0 Å². The number of nitrogen functional groups attached to an aromatic ring is 1. The number of rotatable bonds is 3. The fourth-order valence-corrected chi connectivity index (χ4v) is 1.82. The second-order valence-corrected chi connectivity index (χ2v) is 4.13. The molecule has 6 heteroatoms. The van der Waals surface area contributed by atoms with Crippen molar-refractivity contribution in [1.82, 2.24) is 19.7 Å². The summed E-state index contributed by atoms with van der Waals surface area (Å²) in [6.07, 6.45) is 1.66. The molecule has 96 valence electrons. The van der Waals surface area contributed by atoms with Gasteiger partial charge in [0, 0.05) is 7.05 Å². The molecule has 2 N–H and O–H groups in total. The molecule has 0 aliphatic carbocycles. The van der Waals surface area contributed by atoms with Crippen LogP contribution in [0.4, 0.5) is 5.82 Å². The SMILES string of the molecule is Cn1ncc2c(N)nc(COc3ccccc3)nc21. The van der Waals surface area contributed by atoms with Crippen LogP contribution in [0.2, 0.25) is 0 Å². The topological polar surface area (TPSA) is 78.9 Å². The Morgan fingerprint density at radius 1 is 1.21 bits per heavy atom. The standard InChI is InChI=1S/C13H13N5O/c1-18-13-10(7-15-18)12(14)16-11(17-13)8-19-9-5-3-2-4-6-9/h2-7H,8H2,1H3,(H2,14,16,17). The summed E-state index contributed by atoms with van der Waals surface area (Å²) in [5, 5.41) is 4.86. The molecule has 19 heavy (non-hydrogen) atoms. The normalized spacial score (nSPS) is 10.8. The maximum atomic E-state index is 5.88. The van der Waals surface area contributed by atoms with Crippen LogP contribution >= 0.6 is 0 Å². The molecule has 0 radical (unpaired) electrons. The van der Waals surface area contributed by atoms with Crippen molar-refractivity contribution in [3.8, 4) is 5.75 Å². The van der Waals surface area contributed by atoms with Gasteiger partial charge in [0.1, 0.15) is 18.2 Å². The third kappa shape index (κ3) is 2.20. The number of ether oxygens (including phenoxy) is 1. The van der Waals surface area contributed by atoms with Crippen molar-refractivity contribution >= 4 is 16.9 Å². The van der Waals surface area contributed by atoms with Crippen LogP contribution in [0.1, 0.15) is 5.82 Å². The molecule has 0 unspecified atom stereocenters. The minimum absolute atomic E-state index is 0.273. The number of nitrogens with two attached hydrogens (primary N) is 1. The Labute approximate surface area is 109 Å². The molecule has 1 aromatic carbocycles. The van der Waals surface area contributed by atoms with Gasteiger partial charge in [0.15, 0.2) is 11.5 Å². The number of para-hydroxylation sites is 1. The van der Waals surface area contributed by atoms with Gasteiger partial charge in [-0.1, -0.05) is 18.2 Å². The van der Waals surface area contributed by atoms with Gasteiger partial charge in [-0.3, -0.25) is 4.68 Å². The first-order valence-corrected chi connectivity index (χ1v) is 5.86. The van der Waals surface area contributed by atoms with Crippen LogP contribution in [0.15, 0.2) is 36.5 Å². The fourth-order valence-electron chi connectivity index (χ4n) is 1.82. The predicted octanol–water partition coefficient (Wildman–Crippen LogP) is 1.52. The first-order chi connectivity index (χ1) is 9.24. The van der Waals surface area contributed by atoms with Crippen molar-refractivity contribution in [2.45, 2.75) is 6.61 Å². The van der Waals surface area contributed by atoms with E-state index in [0.717, 1.165) is 11.1 Å². The first-order valence-electron chi connectivity index (χ1n) is 5.86. The van der Waals surface area contributed by atoms with E-state index in [-0.39, 0.29) is 6.61 Å². The summed E-state index contributed by atoms with van der Waals surface area (Å²) in [5.74, 6) is 1.73. The molecular formula is C13H13N5O. The van der Waals surface area contributed by atoms with Gasteiger partial charge in [-0.25, -0.2) is 9.97 Å². The summed E-state index contributed by atoms with van der Waals surface area (Å²) in [7, 11) is 1.82. The van der Waals surface area contributed by atoms with E-state index in [4.69, 9.17) is 10.5 Å². The molecule has 6 nitrogen and oxygen atoms in total. The maximum Gasteiger partial charge on any atom is 0.170 e. The summed E-state index contributed by atoms with van der Waals surface area (Å²) in [6, 6.07) is 9.52. The third-order valence-electron chi connectivity index (χ3n) is 2.78. The average molecular weight is 255 g/mol. The number of fused-ring (bicyclic) bond motifs is 1. The predicted molar refractivity (Wildman–Crippen MR) is 71.5 cm³/mol. The Kier molecular flexibility index (Phi) is 2.75. The number of benzene rings is 1. The molecule has 0 spiro atoms. The van der Waals surface area contributed by atoms with Gasteiger partial charge in [-0.2, -0.15) is 5.10 Å². The van der Waals surface area contributed by atoms with Crippen LogP contribution in [0, 0.1) is 0 Å². The molecular weight excluding hydrogens is 242 g/mol. The van der Waals surface area contributed by atoms with E-state index in [2.05, 4.69) is 15.1 Å². The fraction of sp³-hybridized carbons (Fsp3) is 0.154. The van der Waals surface area contributed by atoms with E-state index in [1.807, 2.05) is 37.4 Å². The van der Waals surface area contributed by atoms with Crippen molar-refractivity contribution < 1.29 is 4.74 Å². The Hall–Kier alpha value is -2.63. The van der Waals surface area contributed by atoms with Gasteiger partial charge in [-0.15, -0.1) is 0 Å². The minimum atomic E-state index is 0.273. The lowest BCUT2D eigenvalue weighted by Crippen LogP contribution is -2.06. The highest BCUT2D eigenvalue weighted by Gasteiger charge is 2.09. The quantitative estimate of drug-likeness (QED) is 0.767. The van der Waals surface area contributed by atoms with Crippen molar-refractivity contribution in [3.05, 3.63) is 42.4 Å². The highest BCUT2D eigenvalue weighted by Crippen LogP contribution is 2.17. The summed E-state index contributed by atoms with van der Waals surface area (Å²) >= 11 is 0. The maximum absolute atomic E-state index is 5.88. The summed E-state index contributed by atoms with van der Waals surface area (Å²) in [4.78, 5) is 8.61. The highest BCUT2D eigenvalue weighted by molar-refractivity contribution is 5.84. The highest BCUT2D eigenvalue weighted by atomic mass is 16.5. The molecule has 0 saturated carbocycles. The smallest absolute Gasteiger partial charge is 0.170 e. The van der Waals surface area contributed by atoms with E-state index in [1.54, 1.807) is 10.9 Å². The van der Waals surface area contributed by atoms with Crippen LogP contribution in [0.5, 0.6) is 5.75 Å². The van der Waals surface area contributed by atoms with Gasteiger partial charge in [0.25, 0.3) is 0 Å². The van der Waals surface area contributed by atoms with Crippen LogP contribution in [-0.4, -0.2) is 19.7 Å². The van der Waals surface area contributed by atoms with Gasteiger partial charge in [0.2, 0.25) is 0 Å². The number of anilines is 1. The number of hydrogen-bond acceptors (Lipinski definition) is 5. The lowest BCUT2D eigenvalue weighted by molar-refractivity contribution is 0.296. The molecule has 0 aliphatic heterocycles. The van der Waals surface area contributed by atoms with Crippen molar-refractivity contribution in [2.24, 2.45) is 7.05 Å². The molecule has 0 saturated heterocycles.